The lowest BCUT2D eigenvalue weighted by molar-refractivity contribution is -0.144. The van der Waals surface area contributed by atoms with Crippen LogP contribution in [0.25, 0.3) is 6.08 Å². The first-order valence-electron chi connectivity index (χ1n) is 9.00. The fraction of sp³-hybridized carbons (Fsp3) is 0.182. The van der Waals surface area contributed by atoms with Crippen molar-refractivity contribution in [3.05, 3.63) is 70.9 Å². The number of carbonyl (C=O) groups is 4. The van der Waals surface area contributed by atoms with Gasteiger partial charge in [0.2, 0.25) is 5.91 Å². The molecule has 0 fully saturated rings. The van der Waals surface area contributed by atoms with Gasteiger partial charge in [0.05, 0.1) is 12.7 Å². The number of benzene rings is 2. The number of nitrogens with one attached hydrogen (secondary N) is 2. The van der Waals surface area contributed by atoms with Gasteiger partial charge in [-0.25, -0.2) is 9.59 Å². The molecule has 0 aliphatic heterocycles. The number of aryl methyl sites for hydroxylation is 1. The summed E-state index contributed by atoms with van der Waals surface area (Å²) in [5.41, 5.74) is 1.96. The molecule has 0 aliphatic rings. The van der Waals surface area contributed by atoms with E-state index in [4.69, 9.17) is 4.74 Å². The van der Waals surface area contributed by atoms with E-state index >= 15 is 0 Å². The normalized spacial score (nSPS) is 10.7. The highest BCUT2D eigenvalue weighted by atomic mass is 16.5. The zero-order valence-corrected chi connectivity index (χ0v) is 16.9. The van der Waals surface area contributed by atoms with Gasteiger partial charge in [0.15, 0.2) is 6.61 Å². The maximum atomic E-state index is 12.3. The highest BCUT2D eigenvalue weighted by Gasteiger charge is 2.16. The second-order valence-electron chi connectivity index (χ2n) is 6.30. The molecule has 156 valence electrons. The third-order valence-electron chi connectivity index (χ3n) is 3.91. The van der Waals surface area contributed by atoms with Crippen LogP contribution in [0.1, 0.15) is 28.4 Å². The minimum absolute atomic E-state index is 0.0923. The van der Waals surface area contributed by atoms with Crippen LogP contribution in [0.4, 0.5) is 5.69 Å². The number of anilines is 1. The number of carbonyl (C=O) groups excluding carboxylic acids is 4. The Balaban J connectivity index is 2.05. The Hall–Kier alpha value is -3.94. The van der Waals surface area contributed by atoms with E-state index in [2.05, 4.69) is 15.4 Å². The number of esters is 2. The quantitative estimate of drug-likeness (QED) is 0.536. The average molecular weight is 410 g/mol. The van der Waals surface area contributed by atoms with Gasteiger partial charge >= 0.3 is 11.9 Å². The highest BCUT2D eigenvalue weighted by molar-refractivity contribution is 6.00. The molecule has 0 atom stereocenters. The van der Waals surface area contributed by atoms with E-state index < -0.39 is 30.4 Å². The molecule has 2 rings (SSSR count). The first-order chi connectivity index (χ1) is 14.3. The second kappa shape index (κ2) is 10.6. The van der Waals surface area contributed by atoms with Crippen molar-refractivity contribution in [1.82, 2.24) is 5.32 Å². The van der Waals surface area contributed by atoms with Crippen LogP contribution in [-0.4, -0.2) is 37.5 Å². The van der Waals surface area contributed by atoms with Gasteiger partial charge in [-0.3, -0.25) is 9.59 Å². The summed E-state index contributed by atoms with van der Waals surface area (Å²) in [7, 11) is 1.26. The molecule has 0 unspecified atom stereocenters. The fourth-order valence-electron chi connectivity index (χ4n) is 2.45. The minimum atomic E-state index is -0.857. The van der Waals surface area contributed by atoms with Crippen molar-refractivity contribution >= 4 is 35.5 Å². The minimum Gasteiger partial charge on any atom is -0.465 e. The van der Waals surface area contributed by atoms with Crippen LogP contribution in [0.3, 0.4) is 0 Å². The molecule has 2 aromatic carbocycles. The van der Waals surface area contributed by atoms with E-state index in [1.54, 1.807) is 43.3 Å². The van der Waals surface area contributed by atoms with Crippen LogP contribution >= 0.6 is 0 Å². The van der Waals surface area contributed by atoms with Crippen molar-refractivity contribution in [2.75, 3.05) is 19.0 Å². The molecule has 2 N–H and O–H groups in total. The van der Waals surface area contributed by atoms with Crippen molar-refractivity contribution in [3.63, 3.8) is 0 Å². The lowest BCUT2D eigenvalue weighted by atomic mass is 10.1. The van der Waals surface area contributed by atoms with E-state index in [-0.39, 0.29) is 11.3 Å². The molecule has 0 saturated heterocycles. The zero-order chi connectivity index (χ0) is 22.1. The van der Waals surface area contributed by atoms with Gasteiger partial charge < -0.3 is 20.1 Å². The smallest absolute Gasteiger partial charge is 0.355 e. The van der Waals surface area contributed by atoms with E-state index in [0.29, 0.717) is 16.8 Å². The standard InChI is InChI=1S/C22H22N2O6/c1-14-9-10-17(21(27)29-3)12-18(14)24-20(26)13-30-22(28)19(23-15(2)25)11-16-7-5-4-6-8-16/h4-12H,13H2,1-3H3,(H,23,25)(H,24,26)/b19-11-. The van der Waals surface area contributed by atoms with Crippen LogP contribution in [0.2, 0.25) is 0 Å². The summed E-state index contributed by atoms with van der Waals surface area (Å²) in [6.07, 6.45) is 1.45. The first-order valence-corrected chi connectivity index (χ1v) is 9.00. The molecule has 8 heteroatoms. The molecule has 0 saturated carbocycles. The average Bonchev–Trinajstić information content (AvgIpc) is 2.73. The van der Waals surface area contributed by atoms with Gasteiger partial charge in [-0.1, -0.05) is 36.4 Å². The number of ether oxygens (including phenoxy) is 2. The predicted octanol–water partition coefficient (Wildman–Crippen LogP) is 2.44. The molecule has 0 spiro atoms. The van der Waals surface area contributed by atoms with Crippen LogP contribution < -0.4 is 10.6 Å². The predicted molar refractivity (Wildman–Crippen MR) is 110 cm³/mol. The summed E-state index contributed by atoms with van der Waals surface area (Å²) < 4.78 is 9.68. The van der Waals surface area contributed by atoms with Crippen molar-refractivity contribution in [2.24, 2.45) is 0 Å². The van der Waals surface area contributed by atoms with Gasteiger partial charge in [-0.05, 0) is 36.3 Å². The summed E-state index contributed by atoms with van der Waals surface area (Å²) in [5.74, 6) is -2.45. The molecule has 8 nitrogen and oxygen atoms in total. The summed E-state index contributed by atoms with van der Waals surface area (Å²) in [6.45, 7) is 2.43. The third-order valence-corrected chi connectivity index (χ3v) is 3.91. The topological polar surface area (TPSA) is 111 Å². The molecular formula is C22H22N2O6. The van der Waals surface area contributed by atoms with E-state index in [9.17, 15) is 19.2 Å². The number of hydrogen-bond donors (Lipinski definition) is 2. The molecule has 0 aromatic heterocycles. The lowest BCUT2D eigenvalue weighted by Crippen LogP contribution is -2.29. The van der Waals surface area contributed by atoms with Gasteiger partial charge in [-0.15, -0.1) is 0 Å². The summed E-state index contributed by atoms with van der Waals surface area (Å²) in [4.78, 5) is 47.6. The largest absolute Gasteiger partial charge is 0.465 e. The summed E-state index contributed by atoms with van der Waals surface area (Å²) >= 11 is 0. The fourth-order valence-corrected chi connectivity index (χ4v) is 2.45. The Morgan fingerprint density at radius 3 is 2.37 bits per heavy atom. The van der Waals surface area contributed by atoms with Gasteiger partial charge in [-0.2, -0.15) is 0 Å². The molecule has 0 radical (unpaired) electrons. The maximum absolute atomic E-state index is 12.3. The molecule has 2 aromatic rings. The highest BCUT2D eigenvalue weighted by Crippen LogP contribution is 2.17. The van der Waals surface area contributed by atoms with E-state index in [1.165, 1.54) is 26.2 Å². The first kappa shape index (κ1) is 22.4. The third kappa shape index (κ3) is 6.59. The Kier molecular flexibility index (Phi) is 7.87. The Morgan fingerprint density at radius 2 is 1.73 bits per heavy atom. The summed E-state index contributed by atoms with van der Waals surface area (Å²) in [6, 6.07) is 13.6. The van der Waals surface area contributed by atoms with Crippen molar-refractivity contribution in [3.8, 4) is 0 Å². The van der Waals surface area contributed by atoms with E-state index in [1.807, 2.05) is 6.07 Å². The molecule has 0 aliphatic carbocycles. The Morgan fingerprint density at radius 1 is 1.03 bits per heavy atom. The number of rotatable bonds is 7. The van der Waals surface area contributed by atoms with Gasteiger partial charge in [0.25, 0.3) is 5.91 Å². The molecule has 30 heavy (non-hydrogen) atoms. The summed E-state index contributed by atoms with van der Waals surface area (Å²) in [5, 5.41) is 4.99. The van der Waals surface area contributed by atoms with Crippen molar-refractivity contribution < 1.29 is 28.7 Å². The van der Waals surface area contributed by atoms with Crippen LogP contribution in [0.15, 0.2) is 54.2 Å². The van der Waals surface area contributed by atoms with E-state index in [0.717, 1.165) is 0 Å². The monoisotopic (exact) mass is 410 g/mol. The van der Waals surface area contributed by atoms with Crippen LogP contribution in [-0.2, 0) is 23.9 Å². The lowest BCUT2D eigenvalue weighted by Gasteiger charge is -2.11. The van der Waals surface area contributed by atoms with Crippen LogP contribution in [0, 0.1) is 6.92 Å². The zero-order valence-electron chi connectivity index (χ0n) is 16.9. The van der Waals surface area contributed by atoms with Gasteiger partial charge in [0, 0.05) is 12.6 Å². The van der Waals surface area contributed by atoms with Crippen LogP contribution in [0.5, 0.6) is 0 Å². The number of hydrogen-bond acceptors (Lipinski definition) is 6. The van der Waals surface area contributed by atoms with Gasteiger partial charge in [0.1, 0.15) is 5.70 Å². The molecule has 2 amide bonds. The Labute approximate surface area is 173 Å². The molecule has 0 bridgehead atoms. The number of methoxy groups -OCH3 is 1. The SMILES string of the molecule is COC(=O)c1ccc(C)c(NC(=O)COC(=O)/C(=C/c2ccccc2)NC(C)=O)c1. The number of amides is 2. The van der Waals surface area contributed by atoms with Crippen molar-refractivity contribution in [2.45, 2.75) is 13.8 Å². The maximum Gasteiger partial charge on any atom is 0.355 e. The molecular weight excluding hydrogens is 388 g/mol. The second-order valence-corrected chi connectivity index (χ2v) is 6.30. The molecule has 0 heterocycles. The van der Waals surface area contributed by atoms with Crippen molar-refractivity contribution in [1.29, 1.82) is 0 Å². The Bertz CT molecular complexity index is 982.